The van der Waals surface area contributed by atoms with E-state index in [2.05, 4.69) is 11.6 Å². The van der Waals surface area contributed by atoms with Gasteiger partial charge in [-0.05, 0) is 18.2 Å². The number of amides is 1. The zero-order chi connectivity index (χ0) is 13.1. The van der Waals surface area contributed by atoms with E-state index in [1.165, 1.54) is 11.3 Å². The van der Waals surface area contributed by atoms with Gasteiger partial charge in [-0.15, -0.1) is 6.58 Å². The summed E-state index contributed by atoms with van der Waals surface area (Å²) in [6.45, 7) is 6.15. The molecule has 0 atom stereocenters. The molecule has 2 aromatic rings. The highest BCUT2D eigenvalue weighted by Gasteiger charge is 2.06. The molecule has 1 aromatic carbocycles. The molecule has 0 aliphatic carbocycles. The molecular formula is C13H13ClN2OS. The van der Waals surface area contributed by atoms with E-state index in [-0.39, 0.29) is 5.91 Å². The standard InChI is InChI=1S/C13H13ClN2OS/c1-3-7-16-10-6-5-9(14)8-11(10)18-13(16)15-12(17)4-2/h3,5-6,8H,1,4,7H2,2H3. The van der Waals surface area contributed by atoms with Crippen LogP contribution < -0.4 is 4.80 Å². The van der Waals surface area contributed by atoms with Crippen LogP contribution in [0.15, 0.2) is 35.8 Å². The van der Waals surface area contributed by atoms with Crippen molar-refractivity contribution in [2.75, 3.05) is 0 Å². The van der Waals surface area contributed by atoms with E-state index in [1.54, 1.807) is 13.0 Å². The highest BCUT2D eigenvalue weighted by molar-refractivity contribution is 7.16. The maximum atomic E-state index is 11.5. The molecular weight excluding hydrogens is 268 g/mol. The van der Waals surface area contributed by atoms with Crippen molar-refractivity contribution in [3.63, 3.8) is 0 Å². The first-order valence-corrected chi connectivity index (χ1v) is 6.82. The third kappa shape index (κ3) is 2.54. The first-order chi connectivity index (χ1) is 8.65. The van der Waals surface area contributed by atoms with Crippen molar-refractivity contribution in [1.29, 1.82) is 0 Å². The molecule has 0 aliphatic rings. The van der Waals surface area contributed by atoms with Crippen molar-refractivity contribution in [2.45, 2.75) is 19.9 Å². The van der Waals surface area contributed by atoms with Crippen molar-refractivity contribution >= 4 is 39.1 Å². The van der Waals surface area contributed by atoms with Crippen LogP contribution in [0, 0.1) is 0 Å². The van der Waals surface area contributed by atoms with Gasteiger partial charge in [0.05, 0.1) is 10.2 Å². The Morgan fingerprint density at radius 2 is 2.39 bits per heavy atom. The topological polar surface area (TPSA) is 34.4 Å². The van der Waals surface area contributed by atoms with E-state index in [0.29, 0.717) is 22.8 Å². The van der Waals surface area contributed by atoms with E-state index < -0.39 is 0 Å². The number of allylic oxidation sites excluding steroid dienone is 1. The van der Waals surface area contributed by atoms with Gasteiger partial charge in [-0.1, -0.05) is 35.9 Å². The number of hydrogen-bond donors (Lipinski definition) is 0. The predicted molar refractivity (Wildman–Crippen MR) is 75.9 cm³/mol. The Kier molecular flexibility index (Phi) is 3.99. The van der Waals surface area contributed by atoms with Gasteiger partial charge >= 0.3 is 0 Å². The summed E-state index contributed by atoms with van der Waals surface area (Å²) in [6, 6.07) is 5.66. The number of fused-ring (bicyclic) bond motifs is 1. The Labute approximate surface area is 114 Å². The number of rotatable bonds is 3. The molecule has 1 heterocycles. The zero-order valence-corrected chi connectivity index (χ0v) is 11.6. The smallest absolute Gasteiger partial charge is 0.248 e. The highest BCUT2D eigenvalue weighted by Crippen LogP contribution is 2.21. The van der Waals surface area contributed by atoms with Crippen LogP contribution in [0.4, 0.5) is 0 Å². The van der Waals surface area contributed by atoms with Crippen LogP contribution in [-0.2, 0) is 11.3 Å². The molecule has 0 saturated heterocycles. The molecule has 0 spiro atoms. The van der Waals surface area contributed by atoms with Crippen LogP contribution in [0.3, 0.4) is 0 Å². The molecule has 0 saturated carbocycles. The maximum Gasteiger partial charge on any atom is 0.248 e. The van der Waals surface area contributed by atoms with E-state index in [4.69, 9.17) is 11.6 Å². The molecule has 0 aliphatic heterocycles. The lowest BCUT2D eigenvalue weighted by atomic mass is 10.3. The fourth-order valence-corrected chi connectivity index (χ4v) is 2.96. The average molecular weight is 281 g/mol. The molecule has 0 radical (unpaired) electrons. The monoisotopic (exact) mass is 280 g/mol. The number of benzene rings is 1. The van der Waals surface area contributed by atoms with Gasteiger partial charge in [0, 0.05) is 18.0 Å². The summed E-state index contributed by atoms with van der Waals surface area (Å²) < 4.78 is 2.99. The van der Waals surface area contributed by atoms with Gasteiger partial charge in [0.2, 0.25) is 5.91 Å². The molecule has 2 rings (SSSR count). The summed E-state index contributed by atoms with van der Waals surface area (Å²) in [6.07, 6.45) is 2.19. The van der Waals surface area contributed by atoms with Gasteiger partial charge in [0.25, 0.3) is 0 Å². The largest absolute Gasteiger partial charge is 0.313 e. The van der Waals surface area contributed by atoms with Crippen molar-refractivity contribution in [2.24, 2.45) is 4.99 Å². The first kappa shape index (κ1) is 13.1. The summed E-state index contributed by atoms with van der Waals surface area (Å²) in [4.78, 5) is 16.3. The number of thiazole rings is 1. The Balaban J connectivity index is 2.71. The SMILES string of the molecule is C=CCn1c(=NC(=O)CC)sc2cc(Cl)ccc21. The third-order valence-electron chi connectivity index (χ3n) is 2.48. The van der Waals surface area contributed by atoms with Crippen LogP contribution in [0.2, 0.25) is 5.02 Å². The van der Waals surface area contributed by atoms with Gasteiger partial charge in [0.1, 0.15) is 0 Å². The van der Waals surface area contributed by atoms with Gasteiger partial charge in [-0.25, -0.2) is 0 Å². The summed E-state index contributed by atoms with van der Waals surface area (Å²) in [5.41, 5.74) is 1.02. The van der Waals surface area contributed by atoms with E-state index in [0.717, 1.165) is 10.2 Å². The fourth-order valence-electron chi connectivity index (χ4n) is 1.62. The molecule has 94 valence electrons. The van der Waals surface area contributed by atoms with E-state index in [9.17, 15) is 4.79 Å². The minimum absolute atomic E-state index is 0.120. The van der Waals surface area contributed by atoms with Gasteiger partial charge in [-0.2, -0.15) is 4.99 Å². The normalized spacial score (nSPS) is 12.0. The van der Waals surface area contributed by atoms with Crippen LogP contribution >= 0.6 is 22.9 Å². The zero-order valence-electron chi connectivity index (χ0n) is 10.0. The van der Waals surface area contributed by atoms with E-state index >= 15 is 0 Å². The predicted octanol–water partition coefficient (Wildman–Crippen LogP) is 3.38. The molecule has 1 amide bonds. The molecule has 5 heteroatoms. The second kappa shape index (κ2) is 5.50. The van der Waals surface area contributed by atoms with Crippen molar-refractivity contribution in [1.82, 2.24) is 4.57 Å². The fraction of sp³-hybridized carbons (Fsp3) is 0.231. The van der Waals surface area contributed by atoms with Crippen molar-refractivity contribution < 1.29 is 4.79 Å². The second-order valence-corrected chi connectivity index (χ2v) is 5.20. The lowest BCUT2D eigenvalue weighted by molar-refractivity contribution is -0.117. The Bertz CT molecular complexity index is 669. The summed E-state index contributed by atoms with van der Waals surface area (Å²) in [5.74, 6) is -0.120. The Hall–Kier alpha value is -1.39. The average Bonchev–Trinajstić information content (AvgIpc) is 2.67. The third-order valence-corrected chi connectivity index (χ3v) is 3.76. The van der Waals surface area contributed by atoms with Crippen LogP contribution in [0.25, 0.3) is 10.2 Å². The van der Waals surface area contributed by atoms with Crippen molar-refractivity contribution in [3.8, 4) is 0 Å². The number of halogens is 1. The van der Waals surface area contributed by atoms with Gasteiger partial charge in [0.15, 0.2) is 4.80 Å². The van der Waals surface area contributed by atoms with Gasteiger partial charge in [-0.3, -0.25) is 4.79 Å². The molecule has 1 aromatic heterocycles. The minimum Gasteiger partial charge on any atom is -0.313 e. The summed E-state index contributed by atoms with van der Waals surface area (Å²) in [5, 5.41) is 0.683. The van der Waals surface area contributed by atoms with Crippen LogP contribution in [0.1, 0.15) is 13.3 Å². The maximum absolute atomic E-state index is 11.5. The number of hydrogen-bond acceptors (Lipinski definition) is 2. The first-order valence-electron chi connectivity index (χ1n) is 5.63. The number of carbonyl (C=O) groups is 1. The molecule has 18 heavy (non-hydrogen) atoms. The van der Waals surface area contributed by atoms with Crippen LogP contribution in [0.5, 0.6) is 0 Å². The Morgan fingerprint density at radius 1 is 1.61 bits per heavy atom. The lowest BCUT2D eigenvalue weighted by Gasteiger charge is -2.00. The quantitative estimate of drug-likeness (QED) is 0.794. The molecule has 0 bridgehead atoms. The Morgan fingerprint density at radius 3 is 3.06 bits per heavy atom. The minimum atomic E-state index is -0.120. The molecule has 3 nitrogen and oxygen atoms in total. The molecule has 0 fully saturated rings. The van der Waals surface area contributed by atoms with E-state index in [1.807, 2.05) is 22.8 Å². The number of carbonyl (C=O) groups excluding carboxylic acids is 1. The number of aromatic nitrogens is 1. The second-order valence-electron chi connectivity index (χ2n) is 3.76. The van der Waals surface area contributed by atoms with Crippen LogP contribution in [-0.4, -0.2) is 10.5 Å². The van der Waals surface area contributed by atoms with Crippen molar-refractivity contribution in [3.05, 3.63) is 40.7 Å². The lowest BCUT2D eigenvalue weighted by Crippen LogP contribution is -2.15. The molecule has 0 unspecified atom stereocenters. The summed E-state index contributed by atoms with van der Waals surface area (Å²) in [7, 11) is 0. The molecule has 0 N–H and O–H groups in total. The number of nitrogens with zero attached hydrogens (tertiary/aromatic N) is 2. The summed E-state index contributed by atoms with van der Waals surface area (Å²) >= 11 is 7.44. The highest BCUT2D eigenvalue weighted by atomic mass is 35.5. The van der Waals surface area contributed by atoms with Gasteiger partial charge < -0.3 is 4.57 Å².